The van der Waals surface area contributed by atoms with Gasteiger partial charge in [-0.3, -0.25) is 4.79 Å². The third kappa shape index (κ3) is 1.63. The Bertz CT molecular complexity index is 428. The van der Waals surface area contributed by atoms with Gasteiger partial charge in [-0.25, -0.2) is 0 Å². The minimum Gasteiger partial charge on any atom is -0.367 e. The van der Waals surface area contributed by atoms with E-state index in [1.165, 1.54) is 4.88 Å². The lowest BCUT2D eigenvalue weighted by Gasteiger charge is -1.91. The van der Waals surface area contributed by atoms with Crippen LogP contribution >= 0.6 is 11.3 Å². The van der Waals surface area contributed by atoms with Gasteiger partial charge in [0.25, 0.3) is 0 Å². The Hall–Kier alpha value is -1.35. The largest absolute Gasteiger partial charge is 0.367 e. The van der Waals surface area contributed by atoms with Crippen LogP contribution in [0.25, 0.3) is 0 Å². The summed E-state index contributed by atoms with van der Waals surface area (Å²) in [6.07, 6.45) is 4.49. The number of carbonyl (C=O) groups excluding carboxylic acids is 1. The Morgan fingerprint density at radius 3 is 2.86 bits per heavy atom. The monoisotopic (exact) mass is 205 g/mol. The van der Waals surface area contributed by atoms with Crippen LogP contribution in [0.3, 0.4) is 0 Å². The second-order valence-corrected chi connectivity index (χ2v) is 4.22. The summed E-state index contributed by atoms with van der Waals surface area (Å²) in [5.74, 6) is 0.107. The van der Waals surface area contributed by atoms with Crippen LogP contribution in [0.1, 0.15) is 27.0 Å². The molecule has 72 valence electrons. The highest BCUT2D eigenvalue weighted by Gasteiger charge is 2.11. The molecule has 0 radical (unpaired) electrons. The second-order valence-electron chi connectivity index (χ2n) is 3.05. The second kappa shape index (κ2) is 3.80. The number of aromatic nitrogens is 1. The molecule has 0 amide bonds. The van der Waals surface area contributed by atoms with E-state index in [1.54, 1.807) is 29.8 Å². The minimum atomic E-state index is 0.107. The summed E-state index contributed by atoms with van der Waals surface area (Å²) < 4.78 is 0. The molecule has 0 saturated carbocycles. The molecule has 0 aliphatic carbocycles. The standard InChI is InChI=1S/C11H11NOS/c1-2-9-3-4-10(14-9)11(13)8-5-6-12-7-8/h3-7,12H,2H2,1H3. The van der Waals surface area contributed by atoms with Crippen LogP contribution in [0, 0.1) is 0 Å². The van der Waals surface area contributed by atoms with Crippen LogP contribution < -0.4 is 0 Å². The first kappa shape index (κ1) is 9.21. The molecule has 0 saturated heterocycles. The molecule has 0 fully saturated rings. The molecular weight excluding hydrogens is 194 g/mol. The summed E-state index contributed by atoms with van der Waals surface area (Å²) in [6, 6.07) is 5.72. The van der Waals surface area contributed by atoms with E-state index >= 15 is 0 Å². The summed E-state index contributed by atoms with van der Waals surface area (Å²) in [7, 11) is 0. The SMILES string of the molecule is CCc1ccc(C(=O)c2cc[nH]c2)s1. The maximum atomic E-state index is 11.8. The number of aryl methyl sites for hydroxylation is 1. The number of H-pyrrole nitrogens is 1. The first-order valence-electron chi connectivity index (χ1n) is 4.57. The summed E-state index contributed by atoms with van der Waals surface area (Å²) in [6.45, 7) is 2.09. The van der Waals surface area contributed by atoms with Gasteiger partial charge in [0.05, 0.1) is 4.88 Å². The van der Waals surface area contributed by atoms with Crippen LogP contribution in [-0.2, 0) is 6.42 Å². The van der Waals surface area contributed by atoms with E-state index < -0.39 is 0 Å². The molecule has 2 rings (SSSR count). The number of thiophene rings is 1. The molecule has 14 heavy (non-hydrogen) atoms. The van der Waals surface area contributed by atoms with Gasteiger partial charge < -0.3 is 4.98 Å². The van der Waals surface area contributed by atoms with Gasteiger partial charge in [0.2, 0.25) is 5.78 Å². The number of hydrogen-bond acceptors (Lipinski definition) is 2. The molecule has 0 aliphatic rings. The van der Waals surface area contributed by atoms with Crippen molar-refractivity contribution in [3.63, 3.8) is 0 Å². The third-order valence-electron chi connectivity index (χ3n) is 2.09. The number of rotatable bonds is 3. The van der Waals surface area contributed by atoms with E-state index in [-0.39, 0.29) is 5.78 Å². The Balaban J connectivity index is 2.28. The zero-order chi connectivity index (χ0) is 9.97. The molecule has 0 unspecified atom stereocenters. The van der Waals surface area contributed by atoms with E-state index in [2.05, 4.69) is 11.9 Å². The van der Waals surface area contributed by atoms with Crippen molar-refractivity contribution < 1.29 is 4.79 Å². The molecule has 0 spiro atoms. The molecular formula is C11H11NOS. The van der Waals surface area contributed by atoms with E-state index in [4.69, 9.17) is 0 Å². The molecule has 0 bridgehead atoms. The van der Waals surface area contributed by atoms with Gasteiger partial charge in [0, 0.05) is 22.8 Å². The highest BCUT2D eigenvalue weighted by atomic mass is 32.1. The van der Waals surface area contributed by atoms with Gasteiger partial charge in [-0.05, 0) is 24.6 Å². The van der Waals surface area contributed by atoms with Crippen molar-refractivity contribution >= 4 is 17.1 Å². The van der Waals surface area contributed by atoms with Gasteiger partial charge in [0.1, 0.15) is 0 Å². The van der Waals surface area contributed by atoms with Gasteiger partial charge in [-0.2, -0.15) is 0 Å². The summed E-state index contributed by atoms with van der Waals surface area (Å²) in [5.41, 5.74) is 0.731. The van der Waals surface area contributed by atoms with Crippen molar-refractivity contribution in [3.05, 3.63) is 45.9 Å². The minimum absolute atomic E-state index is 0.107. The van der Waals surface area contributed by atoms with Gasteiger partial charge in [0.15, 0.2) is 0 Å². The van der Waals surface area contributed by atoms with Crippen LogP contribution in [0.5, 0.6) is 0 Å². The zero-order valence-electron chi connectivity index (χ0n) is 7.91. The quantitative estimate of drug-likeness (QED) is 0.768. The number of nitrogens with one attached hydrogen (secondary N) is 1. The van der Waals surface area contributed by atoms with Crippen molar-refractivity contribution in [2.75, 3.05) is 0 Å². The molecule has 2 nitrogen and oxygen atoms in total. The summed E-state index contributed by atoms with van der Waals surface area (Å²) in [5, 5.41) is 0. The maximum Gasteiger partial charge on any atom is 0.204 e. The predicted molar refractivity (Wildman–Crippen MR) is 57.9 cm³/mol. The van der Waals surface area contributed by atoms with E-state index in [0.29, 0.717) is 0 Å². The molecule has 2 aromatic heterocycles. The zero-order valence-corrected chi connectivity index (χ0v) is 8.73. The Morgan fingerprint density at radius 1 is 1.43 bits per heavy atom. The van der Waals surface area contributed by atoms with E-state index in [1.807, 2.05) is 12.1 Å². The van der Waals surface area contributed by atoms with E-state index in [0.717, 1.165) is 16.9 Å². The van der Waals surface area contributed by atoms with Gasteiger partial charge >= 0.3 is 0 Å². The lowest BCUT2D eigenvalue weighted by Crippen LogP contribution is -1.95. The van der Waals surface area contributed by atoms with Crippen LogP contribution in [0.15, 0.2) is 30.6 Å². The lowest BCUT2D eigenvalue weighted by atomic mass is 10.2. The third-order valence-corrected chi connectivity index (χ3v) is 3.32. The molecule has 0 atom stereocenters. The number of carbonyl (C=O) groups is 1. The first-order valence-corrected chi connectivity index (χ1v) is 5.39. The van der Waals surface area contributed by atoms with Crippen molar-refractivity contribution in [2.45, 2.75) is 13.3 Å². The maximum absolute atomic E-state index is 11.8. The lowest BCUT2D eigenvalue weighted by molar-refractivity contribution is 0.104. The highest BCUT2D eigenvalue weighted by Crippen LogP contribution is 2.20. The van der Waals surface area contributed by atoms with Crippen molar-refractivity contribution in [1.29, 1.82) is 0 Å². The fourth-order valence-electron chi connectivity index (χ4n) is 1.30. The van der Waals surface area contributed by atoms with Crippen molar-refractivity contribution in [2.24, 2.45) is 0 Å². The number of aromatic amines is 1. The summed E-state index contributed by atoms with van der Waals surface area (Å²) in [4.78, 5) is 16.8. The first-order chi connectivity index (χ1) is 6.81. The average molecular weight is 205 g/mol. The fraction of sp³-hybridized carbons (Fsp3) is 0.182. The van der Waals surface area contributed by atoms with Crippen LogP contribution in [-0.4, -0.2) is 10.8 Å². The molecule has 2 aromatic rings. The number of ketones is 1. The number of hydrogen-bond donors (Lipinski definition) is 1. The molecule has 3 heteroatoms. The average Bonchev–Trinajstić information content (AvgIpc) is 2.88. The summed E-state index contributed by atoms with van der Waals surface area (Å²) >= 11 is 1.58. The fourth-order valence-corrected chi connectivity index (χ4v) is 2.21. The predicted octanol–water partition coefficient (Wildman–Crippen LogP) is 2.87. The normalized spacial score (nSPS) is 10.4. The molecule has 0 aliphatic heterocycles. The van der Waals surface area contributed by atoms with Crippen molar-refractivity contribution in [1.82, 2.24) is 4.98 Å². The molecule has 0 aromatic carbocycles. The van der Waals surface area contributed by atoms with Crippen molar-refractivity contribution in [3.8, 4) is 0 Å². The smallest absolute Gasteiger partial charge is 0.204 e. The Labute approximate surface area is 86.6 Å². The Kier molecular flexibility index (Phi) is 2.50. The molecule has 2 heterocycles. The Morgan fingerprint density at radius 2 is 2.29 bits per heavy atom. The van der Waals surface area contributed by atoms with E-state index in [9.17, 15) is 4.79 Å². The topological polar surface area (TPSA) is 32.9 Å². The van der Waals surface area contributed by atoms with Crippen LogP contribution in [0.4, 0.5) is 0 Å². The van der Waals surface area contributed by atoms with Gasteiger partial charge in [-0.1, -0.05) is 6.92 Å². The van der Waals surface area contributed by atoms with Gasteiger partial charge in [-0.15, -0.1) is 11.3 Å². The van der Waals surface area contributed by atoms with Crippen LogP contribution in [0.2, 0.25) is 0 Å². The molecule has 1 N–H and O–H groups in total. The highest BCUT2D eigenvalue weighted by molar-refractivity contribution is 7.14.